The van der Waals surface area contributed by atoms with Crippen LogP contribution in [0.15, 0.2) is 0 Å². The summed E-state index contributed by atoms with van der Waals surface area (Å²) in [4.78, 5) is 24.5. The molecule has 1 aliphatic heterocycles. The Labute approximate surface area is 114 Å². The number of aliphatic carboxylic acids is 1. The lowest BCUT2D eigenvalue weighted by molar-refractivity contribution is -0.142. The predicted octanol–water partition coefficient (Wildman–Crippen LogP) is 0.467. The number of carbonyl (C=O) groups is 2. The molecule has 0 aromatic rings. The van der Waals surface area contributed by atoms with E-state index < -0.39 is 5.97 Å². The maximum atomic E-state index is 11.9. The molecule has 1 fully saturated rings. The van der Waals surface area contributed by atoms with Crippen molar-refractivity contribution in [1.29, 1.82) is 0 Å². The second-order valence-corrected chi connectivity index (χ2v) is 4.91. The lowest BCUT2D eigenvalue weighted by Crippen LogP contribution is -2.48. The van der Waals surface area contributed by atoms with E-state index in [1.54, 1.807) is 0 Å². The van der Waals surface area contributed by atoms with Gasteiger partial charge < -0.3 is 15.2 Å². The maximum absolute atomic E-state index is 11.9. The van der Waals surface area contributed by atoms with Crippen molar-refractivity contribution in [3.63, 3.8) is 0 Å². The molecule has 0 aromatic heterocycles. The van der Waals surface area contributed by atoms with E-state index >= 15 is 0 Å². The van der Waals surface area contributed by atoms with Gasteiger partial charge in [0.2, 0.25) is 5.91 Å². The van der Waals surface area contributed by atoms with Gasteiger partial charge in [0.15, 0.2) is 0 Å². The zero-order chi connectivity index (χ0) is 14.3. The Morgan fingerprint density at radius 2 is 2.11 bits per heavy atom. The molecule has 0 aliphatic carbocycles. The highest BCUT2D eigenvalue weighted by atomic mass is 16.5. The van der Waals surface area contributed by atoms with Gasteiger partial charge in [-0.2, -0.15) is 0 Å². The van der Waals surface area contributed by atoms with Gasteiger partial charge in [-0.1, -0.05) is 13.8 Å². The summed E-state index contributed by atoms with van der Waals surface area (Å²) in [5.74, 6) is -0.863. The number of amides is 1. The van der Waals surface area contributed by atoms with Crippen molar-refractivity contribution in [2.24, 2.45) is 0 Å². The number of nitrogens with one attached hydrogen (secondary N) is 1. The van der Waals surface area contributed by atoms with Gasteiger partial charge in [0.25, 0.3) is 0 Å². The van der Waals surface area contributed by atoms with Gasteiger partial charge >= 0.3 is 5.97 Å². The molecular weight excluding hydrogens is 248 g/mol. The van der Waals surface area contributed by atoms with Gasteiger partial charge in [-0.05, 0) is 12.8 Å². The molecule has 6 nitrogen and oxygen atoms in total. The first-order valence-electron chi connectivity index (χ1n) is 6.90. The van der Waals surface area contributed by atoms with Gasteiger partial charge in [-0.15, -0.1) is 0 Å². The number of hydrogen-bond acceptors (Lipinski definition) is 4. The number of nitrogens with zero attached hydrogens (tertiary/aromatic N) is 1. The summed E-state index contributed by atoms with van der Waals surface area (Å²) in [5, 5.41) is 11.7. The van der Waals surface area contributed by atoms with E-state index in [4.69, 9.17) is 9.84 Å². The third kappa shape index (κ3) is 6.02. The Morgan fingerprint density at radius 3 is 2.68 bits per heavy atom. The standard InChI is InChI=1S/C13H24N2O4/c1-3-10(4-2)14-12(16)9-15-5-6-19-11(8-15)7-13(17)18/h10-11H,3-9H2,1-2H3,(H,14,16)(H,17,18). The molecule has 6 heteroatoms. The van der Waals surface area contributed by atoms with Gasteiger partial charge in [0.05, 0.1) is 25.7 Å². The van der Waals surface area contributed by atoms with E-state index in [1.807, 2.05) is 18.7 Å². The number of carboxylic acids is 1. The van der Waals surface area contributed by atoms with Crippen molar-refractivity contribution in [3.05, 3.63) is 0 Å². The van der Waals surface area contributed by atoms with Crippen LogP contribution in [-0.2, 0) is 14.3 Å². The summed E-state index contributed by atoms with van der Waals surface area (Å²) >= 11 is 0. The SMILES string of the molecule is CCC(CC)NC(=O)CN1CCOC(CC(=O)O)C1. The molecule has 1 heterocycles. The van der Waals surface area contributed by atoms with E-state index in [1.165, 1.54) is 0 Å². The van der Waals surface area contributed by atoms with E-state index in [0.29, 0.717) is 26.2 Å². The number of carbonyl (C=O) groups excluding carboxylic acids is 1. The molecular formula is C13H24N2O4. The van der Waals surface area contributed by atoms with Crippen molar-refractivity contribution >= 4 is 11.9 Å². The van der Waals surface area contributed by atoms with Crippen molar-refractivity contribution in [2.75, 3.05) is 26.2 Å². The summed E-state index contributed by atoms with van der Waals surface area (Å²) in [6.45, 7) is 6.07. The first kappa shape index (κ1) is 15.9. The second-order valence-electron chi connectivity index (χ2n) is 4.91. The van der Waals surface area contributed by atoms with E-state index in [2.05, 4.69) is 5.32 Å². The van der Waals surface area contributed by atoms with Crippen LogP contribution in [0, 0.1) is 0 Å². The van der Waals surface area contributed by atoms with Crippen LogP contribution in [0.1, 0.15) is 33.1 Å². The minimum atomic E-state index is -0.867. The average Bonchev–Trinajstić information content (AvgIpc) is 2.35. The smallest absolute Gasteiger partial charge is 0.306 e. The molecule has 2 N–H and O–H groups in total. The molecule has 1 amide bonds. The third-order valence-corrected chi connectivity index (χ3v) is 3.34. The van der Waals surface area contributed by atoms with Gasteiger partial charge in [-0.3, -0.25) is 14.5 Å². The Balaban J connectivity index is 2.35. The van der Waals surface area contributed by atoms with E-state index in [9.17, 15) is 9.59 Å². The molecule has 19 heavy (non-hydrogen) atoms. The van der Waals surface area contributed by atoms with Gasteiger partial charge in [0, 0.05) is 19.1 Å². The highest BCUT2D eigenvalue weighted by Gasteiger charge is 2.24. The van der Waals surface area contributed by atoms with Crippen LogP contribution in [0.2, 0.25) is 0 Å². The molecule has 1 rings (SSSR count). The number of carboxylic acid groups (broad SMARTS) is 1. The summed E-state index contributed by atoms with van der Waals surface area (Å²) in [6.07, 6.45) is 1.53. The highest BCUT2D eigenvalue weighted by molar-refractivity contribution is 5.78. The summed E-state index contributed by atoms with van der Waals surface area (Å²) in [5.41, 5.74) is 0. The minimum Gasteiger partial charge on any atom is -0.481 e. The summed E-state index contributed by atoms with van der Waals surface area (Å²) in [6, 6.07) is 0.225. The molecule has 1 atom stereocenters. The lowest BCUT2D eigenvalue weighted by Gasteiger charge is -2.32. The summed E-state index contributed by atoms with van der Waals surface area (Å²) < 4.78 is 5.37. The fourth-order valence-corrected chi connectivity index (χ4v) is 2.21. The molecule has 1 saturated heterocycles. The van der Waals surface area contributed by atoms with Crippen LogP contribution in [0.25, 0.3) is 0 Å². The average molecular weight is 272 g/mol. The Morgan fingerprint density at radius 1 is 1.42 bits per heavy atom. The molecule has 110 valence electrons. The zero-order valence-electron chi connectivity index (χ0n) is 11.7. The highest BCUT2D eigenvalue weighted by Crippen LogP contribution is 2.08. The quantitative estimate of drug-likeness (QED) is 0.704. The maximum Gasteiger partial charge on any atom is 0.306 e. The fourth-order valence-electron chi connectivity index (χ4n) is 2.21. The normalized spacial score (nSPS) is 20.5. The minimum absolute atomic E-state index is 0.00433. The van der Waals surface area contributed by atoms with Crippen LogP contribution in [0.4, 0.5) is 0 Å². The lowest BCUT2D eigenvalue weighted by atomic mass is 10.1. The largest absolute Gasteiger partial charge is 0.481 e. The topological polar surface area (TPSA) is 78.9 Å². The molecule has 1 aliphatic rings. The predicted molar refractivity (Wildman–Crippen MR) is 70.9 cm³/mol. The fraction of sp³-hybridized carbons (Fsp3) is 0.846. The Hall–Kier alpha value is -1.14. The van der Waals surface area contributed by atoms with Crippen LogP contribution >= 0.6 is 0 Å². The monoisotopic (exact) mass is 272 g/mol. The van der Waals surface area contributed by atoms with Crippen LogP contribution in [0.3, 0.4) is 0 Å². The van der Waals surface area contributed by atoms with Crippen molar-refractivity contribution in [2.45, 2.75) is 45.3 Å². The molecule has 0 aromatic carbocycles. The molecule has 0 radical (unpaired) electrons. The van der Waals surface area contributed by atoms with Crippen molar-refractivity contribution < 1.29 is 19.4 Å². The van der Waals surface area contributed by atoms with E-state index in [-0.39, 0.29) is 24.5 Å². The van der Waals surface area contributed by atoms with Crippen LogP contribution in [0.5, 0.6) is 0 Å². The third-order valence-electron chi connectivity index (χ3n) is 3.34. The van der Waals surface area contributed by atoms with Crippen LogP contribution in [-0.4, -0.2) is 60.3 Å². The molecule has 0 bridgehead atoms. The summed E-state index contributed by atoms with van der Waals surface area (Å²) in [7, 11) is 0. The Kier molecular flexibility index (Phi) is 6.80. The van der Waals surface area contributed by atoms with Gasteiger partial charge in [0.1, 0.15) is 0 Å². The molecule has 0 saturated carbocycles. The number of rotatable bonds is 7. The van der Waals surface area contributed by atoms with Crippen molar-refractivity contribution in [3.8, 4) is 0 Å². The van der Waals surface area contributed by atoms with Crippen LogP contribution < -0.4 is 5.32 Å². The Bertz CT molecular complexity index is 305. The van der Waals surface area contributed by atoms with E-state index in [0.717, 1.165) is 12.8 Å². The molecule has 0 spiro atoms. The van der Waals surface area contributed by atoms with Crippen molar-refractivity contribution in [1.82, 2.24) is 10.2 Å². The van der Waals surface area contributed by atoms with Gasteiger partial charge in [-0.25, -0.2) is 0 Å². The number of ether oxygens (including phenoxy) is 1. The number of hydrogen-bond donors (Lipinski definition) is 2. The number of morpholine rings is 1. The first-order chi connectivity index (χ1) is 9.05. The second kappa shape index (κ2) is 8.12. The first-order valence-corrected chi connectivity index (χ1v) is 6.90. The molecule has 1 unspecified atom stereocenters. The zero-order valence-corrected chi connectivity index (χ0v) is 11.7.